The van der Waals surface area contributed by atoms with Gasteiger partial charge in [0, 0.05) is 96.1 Å². The van der Waals surface area contributed by atoms with Gasteiger partial charge >= 0.3 is 0 Å². The van der Waals surface area contributed by atoms with Gasteiger partial charge in [0.2, 0.25) is 11.9 Å². The number of benzene rings is 19. The van der Waals surface area contributed by atoms with Crippen LogP contribution in [0.15, 0.2) is 468 Å². The van der Waals surface area contributed by atoms with Gasteiger partial charge in [0.1, 0.15) is 0 Å². The molecule has 3 aliphatic rings. The van der Waals surface area contributed by atoms with Crippen LogP contribution in [0.4, 0.5) is 0 Å². The number of hydrogen-bond donors (Lipinski definition) is 0. The quantitative estimate of drug-likeness (QED) is 0.133. The van der Waals surface area contributed by atoms with E-state index in [1.54, 1.807) is 0 Å². The Bertz CT molecular complexity index is 8530. The highest BCUT2D eigenvalue weighted by molar-refractivity contribution is 6.19. The van der Waals surface area contributed by atoms with Crippen LogP contribution in [-0.4, -0.2) is 53.6 Å². The van der Waals surface area contributed by atoms with Crippen LogP contribution < -0.4 is 0 Å². The molecule has 6 aromatic heterocycles. The lowest BCUT2D eigenvalue weighted by atomic mass is 9.91. The standard InChI is InChI=1S/C45H28N4.C40H25N3.C39H24N4/c1-3-13-29(14-4-1)43-46-44(30-15-5-2-6-16-30)48-45(47-43)33-19-11-20-34(25-33)49-28-40-39-27-32-18-8-7-17-31(32)26-38(39)36-22-10-9-21-35(36)37-23-12-24-41(49)42(37)40;1-3-12-26(13-4-1)36-24-37(27-14-5-2-6-15-27)42-40(41-36)43-25-35-34-23-29-17-8-7-16-28(29)22-33(34)31-19-10-9-18-30(31)32-20-11-21-38(43)39(32)35;1-3-12-25(13-4-1)37-40-38(26-14-5-2-6-15-26)42-39(41-37)43-24-34-33-23-28-17-8-7-16-27(28)22-32(33)30-19-10-9-18-29(30)31-20-11-21-35(43)36(31)34/h1-28H;1-25H;1-24H. The summed E-state index contributed by atoms with van der Waals surface area (Å²) in [6.45, 7) is 0. The second-order valence-corrected chi connectivity index (χ2v) is 34.5. The normalized spacial score (nSPS) is 11.7. The van der Waals surface area contributed by atoms with Crippen LogP contribution in [0, 0.1) is 0 Å². The Morgan fingerprint density at radius 2 is 0.370 bits per heavy atom. The molecule has 628 valence electrons. The Morgan fingerprint density at radius 1 is 0.141 bits per heavy atom. The highest BCUT2D eigenvalue weighted by Crippen LogP contribution is 2.54. The third-order valence-electron chi connectivity index (χ3n) is 26.6. The lowest BCUT2D eigenvalue weighted by Crippen LogP contribution is -2.05. The average molecular weight is 1720 g/mol. The summed E-state index contributed by atoms with van der Waals surface area (Å²) in [6.07, 6.45) is 6.77. The van der Waals surface area contributed by atoms with Crippen molar-refractivity contribution in [3.8, 4) is 197 Å². The van der Waals surface area contributed by atoms with Crippen molar-refractivity contribution in [2.24, 2.45) is 0 Å². The Balaban J connectivity index is 0.000000106. The first kappa shape index (κ1) is 77.8. The molecule has 0 fully saturated rings. The van der Waals surface area contributed by atoms with E-state index < -0.39 is 0 Å². The number of hydrogen-bond acceptors (Lipinski definition) is 8. The summed E-state index contributed by atoms with van der Waals surface area (Å²) in [4.78, 5) is 40.3. The Hall–Kier alpha value is -18.3. The minimum Gasteiger partial charge on any atom is -0.316 e. The lowest BCUT2D eigenvalue weighted by molar-refractivity contribution is 0.934. The van der Waals surface area contributed by atoms with E-state index in [9.17, 15) is 0 Å². The van der Waals surface area contributed by atoms with E-state index >= 15 is 0 Å². The van der Waals surface area contributed by atoms with Crippen LogP contribution in [0.25, 0.3) is 262 Å². The largest absolute Gasteiger partial charge is 0.316 e. The third-order valence-corrected chi connectivity index (χ3v) is 26.6. The fourth-order valence-electron chi connectivity index (χ4n) is 20.3. The predicted molar refractivity (Wildman–Crippen MR) is 552 cm³/mol. The Labute approximate surface area is 778 Å². The van der Waals surface area contributed by atoms with Crippen LogP contribution in [0.5, 0.6) is 0 Å². The fraction of sp³-hybridized carbons (Fsp3) is 0. The maximum Gasteiger partial charge on any atom is 0.238 e. The molecule has 0 aliphatic heterocycles. The molecule has 11 heteroatoms. The molecule has 0 spiro atoms. The van der Waals surface area contributed by atoms with Crippen molar-refractivity contribution >= 4 is 65.0 Å². The topological polar surface area (TPSA) is 118 Å². The Kier molecular flexibility index (Phi) is 18.7. The molecule has 0 unspecified atom stereocenters. The van der Waals surface area contributed by atoms with Crippen molar-refractivity contribution in [3.05, 3.63) is 468 Å². The van der Waals surface area contributed by atoms with Gasteiger partial charge in [-0.2, -0.15) is 9.97 Å². The fourth-order valence-corrected chi connectivity index (χ4v) is 20.3. The molecule has 3 aliphatic carbocycles. The maximum absolute atomic E-state index is 5.17. The van der Waals surface area contributed by atoms with E-state index in [1.807, 2.05) is 133 Å². The maximum atomic E-state index is 5.17. The summed E-state index contributed by atoms with van der Waals surface area (Å²) in [5.74, 6) is 4.48. The van der Waals surface area contributed by atoms with Crippen LogP contribution in [0.1, 0.15) is 0 Å². The highest BCUT2D eigenvalue weighted by atomic mass is 15.2. The van der Waals surface area contributed by atoms with E-state index in [0.717, 1.165) is 72.6 Å². The van der Waals surface area contributed by atoms with E-state index in [4.69, 9.17) is 39.9 Å². The van der Waals surface area contributed by atoms with Crippen molar-refractivity contribution in [1.82, 2.24) is 53.6 Å². The first-order valence-corrected chi connectivity index (χ1v) is 45.6. The van der Waals surface area contributed by atoms with Crippen molar-refractivity contribution < 1.29 is 0 Å². The van der Waals surface area contributed by atoms with Gasteiger partial charge in [0.25, 0.3) is 0 Å². The third kappa shape index (κ3) is 13.6. The molecule has 28 rings (SSSR count). The van der Waals surface area contributed by atoms with Crippen LogP contribution >= 0.6 is 0 Å². The molecule has 25 aromatic rings. The molecular formula is C124H77N11. The minimum atomic E-state index is 0.595. The molecule has 135 heavy (non-hydrogen) atoms. The molecule has 0 bridgehead atoms. The number of nitrogens with zero attached hydrogens (tertiary/aromatic N) is 11. The van der Waals surface area contributed by atoms with Gasteiger partial charge in [0.05, 0.1) is 27.9 Å². The van der Waals surface area contributed by atoms with E-state index in [0.29, 0.717) is 41.0 Å². The van der Waals surface area contributed by atoms with E-state index in [1.165, 1.54) is 149 Å². The molecule has 0 saturated heterocycles. The van der Waals surface area contributed by atoms with Crippen molar-refractivity contribution in [1.29, 1.82) is 0 Å². The zero-order valence-corrected chi connectivity index (χ0v) is 72.9. The predicted octanol–water partition coefficient (Wildman–Crippen LogP) is 31.1. The van der Waals surface area contributed by atoms with Crippen LogP contribution in [0.2, 0.25) is 0 Å². The minimum absolute atomic E-state index is 0.595. The summed E-state index contributed by atoms with van der Waals surface area (Å²) in [6, 6.07) is 158. The van der Waals surface area contributed by atoms with E-state index in [-0.39, 0.29) is 0 Å². The second-order valence-electron chi connectivity index (χ2n) is 34.5. The SMILES string of the molecule is c1ccc(-c2cc(-c3ccccc3)nc(-n3cc4c5c(cccc53)-c3ccccc3-c3cc5ccccc5cc3-4)n2)cc1.c1ccc(-c2nc(-c3ccccc3)nc(-c3cccc(-n4cc5c6c(cccc64)-c4ccccc4-c4cc6ccccc6cc4-5)c3)n2)cc1.c1ccc(-c2nc(-c3ccccc3)nc(-n3cc4c5c(cccc53)-c3ccccc3-c3cc5ccccc5cc3-4)n2)cc1. The van der Waals surface area contributed by atoms with Gasteiger partial charge in [-0.1, -0.05) is 376 Å². The molecule has 19 aromatic carbocycles. The molecule has 0 amide bonds. The number of fused-ring (bicyclic) bond motifs is 18. The molecule has 11 nitrogen and oxygen atoms in total. The summed E-state index contributed by atoms with van der Waals surface area (Å²) in [5, 5.41) is 11.1. The number of aromatic nitrogens is 11. The molecule has 0 saturated carbocycles. The molecule has 0 N–H and O–H groups in total. The summed E-state index contributed by atoms with van der Waals surface area (Å²) in [5.41, 5.74) is 35.2. The van der Waals surface area contributed by atoms with Gasteiger partial charge in [-0.25, -0.2) is 29.9 Å². The molecular weight excluding hydrogens is 1640 g/mol. The summed E-state index contributed by atoms with van der Waals surface area (Å²) < 4.78 is 6.64. The Morgan fingerprint density at radius 3 is 0.696 bits per heavy atom. The zero-order valence-electron chi connectivity index (χ0n) is 72.9. The van der Waals surface area contributed by atoms with Gasteiger partial charge < -0.3 is 4.57 Å². The van der Waals surface area contributed by atoms with Gasteiger partial charge in [-0.15, -0.1) is 0 Å². The molecule has 0 radical (unpaired) electrons. The van der Waals surface area contributed by atoms with Crippen molar-refractivity contribution in [2.45, 2.75) is 0 Å². The first-order valence-electron chi connectivity index (χ1n) is 45.6. The van der Waals surface area contributed by atoms with E-state index in [2.05, 4.69) is 348 Å². The molecule has 0 atom stereocenters. The van der Waals surface area contributed by atoms with Crippen LogP contribution in [0.3, 0.4) is 0 Å². The van der Waals surface area contributed by atoms with Gasteiger partial charge in [0.15, 0.2) is 29.1 Å². The van der Waals surface area contributed by atoms with Crippen LogP contribution in [-0.2, 0) is 0 Å². The van der Waals surface area contributed by atoms with Crippen molar-refractivity contribution in [3.63, 3.8) is 0 Å². The first-order chi connectivity index (χ1) is 66.9. The molecule has 6 heterocycles. The lowest BCUT2D eigenvalue weighted by Gasteiger charge is -2.14. The second kappa shape index (κ2) is 32.4. The zero-order chi connectivity index (χ0) is 89.0. The van der Waals surface area contributed by atoms with Crippen molar-refractivity contribution in [2.75, 3.05) is 0 Å². The number of rotatable bonds is 10. The highest BCUT2D eigenvalue weighted by Gasteiger charge is 2.31. The van der Waals surface area contributed by atoms with Gasteiger partial charge in [-0.05, 0) is 189 Å². The summed E-state index contributed by atoms with van der Waals surface area (Å²) in [7, 11) is 0. The monoisotopic (exact) mass is 1720 g/mol. The van der Waals surface area contributed by atoms with Gasteiger partial charge in [-0.3, -0.25) is 9.13 Å². The smallest absolute Gasteiger partial charge is 0.238 e. The summed E-state index contributed by atoms with van der Waals surface area (Å²) >= 11 is 0. The average Bonchev–Trinajstić information content (AvgIpc) is 1.57.